The Kier molecular flexibility index (Phi) is 1.85. The first-order valence-electron chi connectivity index (χ1n) is 3.19. The number of hydrogen-bond acceptors (Lipinski definition) is 1. The normalized spacial score (nSPS) is 9.80. The molecule has 0 fully saturated rings. The summed E-state index contributed by atoms with van der Waals surface area (Å²) in [5, 5.41) is 0. The third kappa shape index (κ3) is 1.23. The van der Waals surface area contributed by atoms with Crippen molar-refractivity contribution < 1.29 is 9.36 Å². The zero-order valence-electron chi connectivity index (χ0n) is 6.24. The molecule has 0 saturated carbocycles. The molecule has 0 radical (unpaired) electrons. The summed E-state index contributed by atoms with van der Waals surface area (Å²) in [6.07, 6.45) is 4.72. The summed E-state index contributed by atoms with van der Waals surface area (Å²) in [7, 11) is 1.95. The van der Waals surface area contributed by atoms with Crippen LogP contribution >= 0.6 is 0 Å². The van der Waals surface area contributed by atoms with Crippen molar-refractivity contribution >= 4 is 6.29 Å². The highest BCUT2D eigenvalue weighted by molar-refractivity contribution is 5.46. The van der Waals surface area contributed by atoms with E-state index in [1.165, 1.54) is 0 Å². The van der Waals surface area contributed by atoms with E-state index in [9.17, 15) is 4.79 Å². The van der Waals surface area contributed by atoms with Crippen LogP contribution in [-0.4, -0.2) is 10.9 Å². The van der Waals surface area contributed by atoms with Crippen LogP contribution in [0.3, 0.4) is 0 Å². The molecule has 1 aromatic heterocycles. The number of aldehydes is 1. The van der Waals surface area contributed by atoms with Gasteiger partial charge in [0, 0.05) is 6.92 Å². The molecule has 1 aromatic rings. The van der Waals surface area contributed by atoms with Gasteiger partial charge in [-0.05, 0) is 0 Å². The van der Waals surface area contributed by atoms with Gasteiger partial charge in [0.2, 0.25) is 6.33 Å². The minimum Gasteiger partial charge on any atom is -0.299 e. The third-order valence-corrected chi connectivity index (χ3v) is 1.52. The van der Waals surface area contributed by atoms with Crippen LogP contribution in [0.15, 0.2) is 12.5 Å². The molecule has 0 aliphatic rings. The largest absolute Gasteiger partial charge is 0.299 e. The highest BCUT2D eigenvalue weighted by Gasteiger charge is 2.02. The summed E-state index contributed by atoms with van der Waals surface area (Å²) < 4.78 is 3.83. The van der Waals surface area contributed by atoms with Crippen LogP contribution in [0, 0.1) is 6.92 Å². The number of aryl methyl sites for hydroxylation is 2. The van der Waals surface area contributed by atoms with E-state index in [1.54, 1.807) is 0 Å². The van der Waals surface area contributed by atoms with E-state index in [4.69, 9.17) is 0 Å². The second-order valence-electron chi connectivity index (χ2n) is 2.36. The summed E-state index contributed by atoms with van der Waals surface area (Å²) in [4.78, 5) is 10.1. The van der Waals surface area contributed by atoms with Gasteiger partial charge in [0.05, 0.1) is 7.05 Å². The fourth-order valence-corrected chi connectivity index (χ4v) is 0.864. The molecule has 3 nitrogen and oxygen atoms in total. The minimum atomic E-state index is 0.446. The maximum absolute atomic E-state index is 10.1. The Bertz CT molecular complexity index is 220. The summed E-state index contributed by atoms with van der Waals surface area (Å²) in [6.45, 7) is 2.45. The second kappa shape index (κ2) is 2.64. The van der Waals surface area contributed by atoms with Crippen LogP contribution in [0.1, 0.15) is 5.69 Å². The van der Waals surface area contributed by atoms with Gasteiger partial charge in [0.15, 0.2) is 6.29 Å². The Morgan fingerprint density at radius 1 is 1.80 bits per heavy atom. The van der Waals surface area contributed by atoms with Crippen molar-refractivity contribution in [3.05, 3.63) is 18.2 Å². The van der Waals surface area contributed by atoms with Crippen LogP contribution < -0.4 is 4.57 Å². The van der Waals surface area contributed by atoms with Crippen LogP contribution in [0.25, 0.3) is 0 Å². The van der Waals surface area contributed by atoms with E-state index in [0.29, 0.717) is 6.54 Å². The van der Waals surface area contributed by atoms with Crippen molar-refractivity contribution in [3.8, 4) is 0 Å². The summed E-state index contributed by atoms with van der Waals surface area (Å²) >= 11 is 0. The van der Waals surface area contributed by atoms with Crippen molar-refractivity contribution in [2.24, 2.45) is 7.05 Å². The first-order valence-corrected chi connectivity index (χ1v) is 3.19. The first kappa shape index (κ1) is 6.99. The Balaban J connectivity index is 2.86. The number of hydrogen-bond donors (Lipinski definition) is 0. The number of imidazole rings is 1. The van der Waals surface area contributed by atoms with Gasteiger partial charge in [0.25, 0.3) is 0 Å². The maximum Gasteiger partial charge on any atom is 0.244 e. The zero-order valence-corrected chi connectivity index (χ0v) is 6.24. The lowest BCUT2D eigenvalue weighted by atomic mass is 10.5. The van der Waals surface area contributed by atoms with Gasteiger partial charge in [-0.25, -0.2) is 9.13 Å². The standard InChI is InChI=1S/C7H11N2O/c1-7-5-9(3-4-10)6-8(7)2/h4-6H,3H2,1-2H3/q+1. The van der Waals surface area contributed by atoms with Gasteiger partial charge in [-0.1, -0.05) is 0 Å². The molecule has 0 aliphatic heterocycles. The monoisotopic (exact) mass is 139 g/mol. The third-order valence-electron chi connectivity index (χ3n) is 1.52. The van der Waals surface area contributed by atoms with Crippen molar-refractivity contribution in [2.45, 2.75) is 13.5 Å². The minimum absolute atomic E-state index is 0.446. The molecule has 1 rings (SSSR count). The summed E-state index contributed by atoms with van der Waals surface area (Å²) in [5.74, 6) is 0. The first-order chi connectivity index (χ1) is 4.74. The molecular formula is C7H11N2O+. The Hall–Kier alpha value is -1.12. The molecule has 0 aromatic carbocycles. The average molecular weight is 139 g/mol. The van der Waals surface area contributed by atoms with E-state index in [1.807, 2.05) is 35.6 Å². The zero-order chi connectivity index (χ0) is 7.56. The molecule has 0 atom stereocenters. The number of carbonyl (C=O) groups excluding carboxylic acids is 1. The second-order valence-corrected chi connectivity index (χ2v) is 2.36. The SMILES string of the molecule is Cc1c[n+](CC=O)cn1C. The molecule has 54 valence electrons. The highest BCUT2D eigenvalue weighted by Crippen LogP contribution is 1.88. The van der Waals surface area contributed by atoms with Gasteiger partial charge < -0.3 is 0 Å². The van der Waals surface area contributed by atoms with Gasteiger partial charge in [-0.3, -0.25) is 4.79 Å². The van der Waals surface area contributed by atoms with Crippen molar-refractivity contribution in [3.63, 3.8) is 0 Å². The summed E-state index contributed by atoms with van der Waals surface area (Å²) in [5.41, 5.74) is 1.15. The lowest BCUT2D eigenvalue weighted by Crippen LogP contribution is -2.31. The molecule has 1 heterocycles. The van der Waals surface area contributed by atoms with E-state index < -0.39 is 0 Å². The topological polar surface area (TPSA) is 25.9 Å². The molecule has 0 aliphatic carbocycles. The van der Waals surface area contributed by atoms with Crippen molar-refractivity contribution in [1.82, 2.24) is 4.57 Å². The quantitative estimate of drug-likeness (QED) is 0.412. The van der Waals surface area contributed by atoms with Crippen LogP contribution in [0.5, 0.6) is 0 Å². The van der Waals surface area contributed by atoms with Crippen LogP contribution in [0.2, 0.25) is 0 Å². The molecule has 0 N–H and O–H groups in total. The van der Waals surface area contributed by atoms with E-state index >= 15 is 0 Å². The predicted molar refractivity (Wildman–Crippen MR) is 36.4 cm³/mol. The number of carbonyl (C=O) groups is 1. The molecule has 3 heteroatoms. The Morgan fingerprint density at radius 3 is 2.90 bits per heavy atom. The Labute approximate surface area is 59.9 Å². The van der Waals surface area contributed by atoms with Gasteiger partial charge >= 0.3 is 0 Å². The van der Waals surface area contributed by atoms with Crippen molar-refractivity contribution in [2.75, 3.05) is 0 Å². The van der Waals surface area contributed by atoms with E-state index in [0.717, 1.165) is 12.0 Å². The van der Waals surface area contributed by atoms with Crippen LogP contribution in [0.4, 0.5) is 0 Å². The fourth-order valence-electron chi connectivity index (χ4n) is 0.864. The Morgan fingerprint density at radius 2 is 2.50 bits per heavy atom. The lowest BCUT2D eigenvalue weighted by Gasteiger charge is -1.80. The summed E-state index contributed by atoms with van der Waals surface area (Å²) in [6, 6.07) is 0. The van der Waals surface area contributed by atoms with E-state index in [2.05, 4.69) is 0 Å². The number of aromatic nitrogens is 2. The molecule has 0 amide bonds. The molecule has 0 saturated heterocycles. The lowest BCUT2D eigenvalue weighted by molar-refractivity contribution is -0.682. The van der Waals surface area contributed by atoms with Gasteiger partial charge in [-0.2, -0.15) is 0 Å². The smallest absolute Gasteiger partial charge is 0.244 e. The van der Waals surface area contributed by atoms with Crippen molar-refractivity contribution in [1.29, 1.82) is 0 Å². The number of rotatable bonds is 2. The average Bonchev–Trinajstić information content (AvgIpc) is 2.14. The number of nitrogens with zero attached hydrogens (tertiary/aromatic N) is 2. The predicted octanol–water partition coefficient (Wildman–Crippen LogP) is -0.180. The highest BCUT2D eigenvalue weighted by atomic mass is 16.1. The maximum atomic E-state index is 10.1. The molecule has 0 spiro atoms. The van der Waals surface area contributed by atoms with E-state index in [-0.39, 0.29) is 0 Å². The molecular weight excluding hydrogens is 128 g/mol. The fraction of sp³-hybridized carbons (Fsp3) is 0.429. The molecule has 0 bridgehead atoms. The van der Waals surface area contributed by atoms with Crippen LogP contribution in [-0.2, 0) is 18.4 Å². The van der Waals surface area contributed by atoms with Gasteiger partial charge in [-0.15, -0.1) is 0 Å². The van der Waals surface area contributed by atoms with Gasteiger partial charge in [0.1, 0.15) is 18.4 Å². The molecule has 0 unspecified atom stereocenters. The molecule has 10 heavy (non-hydrogen) atoms.